The maximum Gasteiger partial charge on any atom is 0.272 e. The van der Waals surface area contributed by atoms with Gasteiger partial charge in [-0.25, -0.2) is 8.78 Å². The van der Waals surface area contributed by atoms with Crippen LogP contribution in [0.3, 0.4) is 0 Å². The van der Waals surface area contributed by atoms with E-state index in [9.17, 15) is 28.5 Å². The van der Waals surface area contributed by atoms with E-state index in [-0.39, 0.29) is 11.3 Å². The lowest BCUT2D eigenvalue weighted by atomic mass is 10.2. The van der Waals surface area contributed by atoms with Crippen molar-refractivity contribution in [1.29, 1.82) is 0 Å². The predicted octanol–water partition coefficient (Wildman–Crippen LogP) is 1.95. The molecule has 0 aliphatic rings. The number of nitrogens with zero attached hydrogens (tertiary/aromatic N) is 1. The zero-order valence-corrected chi connectivity index (χ0v) is 11.4. The Morgan fingerprint density at radius 2 is 1.57 bits per heavy atom. The van der Waals surface area contributed by atoms with E-state index < -0.39 is 33.9 Å². The van der Waals surface area contributed by atoms with Crippen LogP contribution >= 0.6 is 0 Å². The molecule has 2 amide bonds. The van der Waals surface area contributed by atoms with Gasteiger partial charge in [0.2, 0.25) is 0 Å². The monoisotopic (exact) mass is 321 g/mol. The minimum Gasteiger partial charge on any atom is -0.267 e. The number of carbonyl (C=O) groups excluding carboxylic acids is 2. The summed E-state index contributed by atoms with van der Waals surface area (Å²) in [5.74, 6) is -3.57. The highest BCUT2D eigenvalue weighted by atomic mass is 19.1. The van der Waals surface area contributed by atoms with Crippen molar-refractivity contribution in [3.8, 4) is 0 Å². The molecule has 7 nitrogen and oxygen atoms in total. The highest BCUT2D eigenvalue weighted by molar-refractivity contribution is 5.99. The first-order valence-corrected chi connectivity index (χ1v) is 6.18. The molecule has 0 aliphatic carbocycles. The van der Waals surface area contributed by atoms with Crippen molar-refractivity contribution < 1.29 is 23.3 Å². The number of nitro benzene ring substituents is 1. The normalized spacial score (nSPS) is 10.0. The van der Waals surface area contributed by atoms with E-state index in [0.717, 1.165) is 24.3 Å². The number of amides is 2. The Balaban J connectivity index is 2.02. The van der Waals surface area contributed by atoms with Crippen LogP contribution < -0.4 is 10.9 Å². The van der Waals surface area contributed by atoms with Gasteiger partial charge < -0.3 is 0 Å². The Hall–Kier alpha value is -3.36. The van der Waals surface area contributed by atoms with Gasteiger partial charge in [0.15, 0.2) is 0 Å². The molecule has 118 valence electrons. The molecule has 0 unspecified atom stereocenters. The van der Waals surface area contributed by atoms with Crippen molar-refractivity contribution in [1.82, 2.24) is 10.9 Å². The van der Waals surface area contributed by atoms with E-state index in [1.54, 1.807) is 0 Å². The smallest absolute Gasteiger partial charge is 0.267 e. The zero-order valence-electron chi connectivity index (χ0n) is 11.4. The van der Waals surface area contributed by atoms with E-state index in [1.807, 2.05) is 10.9 Å². The first-order valence-electron chi connectivity index (χ1n) is 6.18. The number of nitro groups is 1. The van der Waals surface area contributed by atoms with E-state index in [0.29, 0.717) is 6.07 Å². The van der Waals surface area contributed by atoms with Crippen molar-refractivity contribution in [3.63, 3.8) is 0 Å². The van der Waals surface area contributed by atoms with Gasteiger partial charge in [-0.05, 0) is 30.3 Å². The van der Waals surface area contributed by atoms with Crippen LogP contribution in [0.1, 0.15) is 20.7 Å². The molecule has 2 aromatic carbocycles. The quantitative estimate of drug-likeness (QED) is 0.666. The van der Waals surface area contributed by atoms with Crippen molar-refractivity contribution in [2.45, 2.75) is 0 Å². The third-order valence-corrected chi connectivity index (χ3v) is 2.80. The second-order valence-electron chi connectivity index (χ2n) is 4.34. The summed E-state index contributed by atoms with van der Waals surface area (Å²) < 4.78 is 26.4. The molecule has 9 heteroatoms. The first kappa shape index (κ1) is 16.0. The second-order valence-corrected chi connectivity index (χ2v) is 4.34. The van der Waals surface area contributed by atoms with Gasteiger partial charge in [0.1, 0.15) is 11.6 Å². The molecule has 23 heavy (non-hydrogen) atoms. The number of benzene rings is 2. The number of non-ortho nitro benzene ring substituents is 1. The summed E-state index contributed by atoms with van der Waals surface area (Å²) in [5, 5.41) is 10.5. The molecule has 0 saturated carbocycles. The van der Waals surface area contributed by atoms with E-state index in [1.165, 1.54) is 12.1 Å². The van der Waals surface area contributed by atoms with Gasteiger partial charge in [0.05, 0.1) is 10.5 Å². The lowest BCUT2D eigenvalue weighted by molar-refractivity contribution is -0.384. The molecule has 0 heterocycles. The largest absolute Gasteiger partial charge is 0.272 e. The third kappa shape index (κ3) is 3.84. The van der Waals surface area contributed by atoms with Crippen molar-refractivity contribution >= 4 is 17.5 Å². The zero-order chi connectivity index (χ0) is 17.0. The lowest BCUT2D eigenvalue weighted by Gasteiger charge is -2.08. The Kier molecular flexibility index (Phi) is 4.60. The number of hydrogen-bond donors (Lipinski definition) is 2. The van der Waals surface area contributed by atoms with Gasteiger partial charge in [-0.2, -0.15) is 0 Å². The number of hydrogen-bond acceptors (Lipinski definition) is 4. The molecule has 0 atom stereocenters. The minimum atomic E-state index is -1.04. The van der Waals surface area contributed by atoms with Gasteiger partial charge in [-0.3, -0.25) is 30.6 Å². The number of rotatable bonds is 3. The summed E-state index contributed by atoms with van der Waals surface area (Å²) >= 11 is 0. The van der Waals surface area contributed by atoms with Crippen LogP contribution in [0, 0.1) is 21.7 Å². The number of hydrazine groups is 1. The number of nitrogens with one attached hydrogen (secondary N) is 2. The molecule has 0 fully saturated rings. The highest BCUT2D eigenvalue weighted by Gasteiger charge is 2.14. The average molecular weight is 321 g/mol. The van der Waals surface area contributed by atoms with E-state index >= 15 is 0 Å². The molecule has 0 bridgehead atoms. The first-order chi connectivity index (χ1) is 10.9. The Labute approximate surface area is 128 Å². The highest BCUT2D eigenvalue weighted by Crippen LogP contribution is 2.12. The van der Waals surface area contributed by atoms with Crippen LogP contribution in [0.25, 0.3) is 0 Å². The molecule has 0 spiro atoms. The van der Waals surface area contributed by atoms with E-state index in [4.69, 9.17) is 0 Å². The minimum absolute atomic E-state index is 0.0376. The number of halogens is 2. The molecule has 2 N–H and O–H groups in total. The van der Waals surface area contributed by atoms with Gasteiger partial charge in [-0.1, -0.05) is 0 Å². The second kappa shape index (κ2) is 6.60. The van der Waals surface area contributed by atoms with Crippen molar-refractivity contribution in [3.05, 3.63) is 75.3 Å². The summed E-state index contributed by atoms with van der Waals surface area (Å²) in [4.78, 5) is 33.3. The molecular formula is C14H9F2N3O4. The Bertz CT molecular complexity index is 778. The van der Waals surface area contributed by atoms with Crippen LogP contribution in [0.4, 0.5) is 14.5 Å². The summed E-state index contributed by atoms with van der Waals surface area (Å²) in [6, 6.07) is 6.91. The SMILES string of the molecule is O=C(NNC(=O)c1cc(F)ccc1F)c1ccc([N+](=O)[O-])cc1. The van der Waals surface area contributed by atoms with Crippen LogP contribution in [0.2, 0.25) is 0 Å². The van der Waals surface area contributed by atoms with Gasteiger partial charge >= 0.3 is 0 Å². The fraction of sp³-hybridized carbons (Fsp3) is 0. The predicted molar refractivity (Wildman–Crippen MR) is 74.4 cm³/mol. The molecule has 2 rings (SSSR count). The molecule has 0 aromatic heterocycles. The standard InChI is InChI=1S/C14H9F2N3O4/c15-9-3-6-12(16)11(7-9)14(21)18-17-13(20)8-1-4-10(5-2-8)19(22)23/h1-7H,(H,17,20)(H,18,21). The summed E-state index contributed by atoms with van der Waals surface area (Å²) in [7, 11) is 0. The maximum atomic E-state index is 13.4. The van der Waals surface area contributed by atoms with Crippen LogP contribution in [-0.4, -0.2) is 16.7 Å². The summed E-state index contributed by atoms with van der Waals surface area (Å²) in [6.07, 6.45) is 0. The Morgan fingerprint density at radius 1 is 0.957 bits per heavy atom. The van der Waals surface area contributed by atoms with Gasteiger partial charge in [-0.15, -0.1) is 0 Å². The number of carbonyl (C=O) groups is 2. The van der Waals surface area contributed by atoms with Crippen LogP contribution in [-0.2, 0) is 0 Å². The van der Waals surface area contributed by atoms with Crippen molar-refractivity contribution in [2.24, 2.45) is 0 Å². The lowest BCUT2D eigenvalue weighted by Crippen LogP contribution is -2.42. The molecule has 2 aromatic rings. The average Bonchev–Trinajstić information content (AvgIpc) is 2.54. The molecule has 0 saturated heterocycles. The topological polar surface area (TPSA) is 101 Å². The van der Waals surface area contributed by atoms with Gasteiger partial charge in [0, 0.05) is 17.7 Å². The summed E-state index contributed by atoms with van der Waals surface area (Å²) in [6.45, 7) is 0. The third-order valence-electron chi connectivity index (χ3n) is 2.80. The molecule has 0 radical (unpaired) electrons. The Morgan fingerprint density at radius 3 is 2.17 bits per heavy atom. The maximum absolute atomic E-state index is 13.4. The molecular weight excluding hydrogens is 312 g/mol. The van der Waals surface area contributed by atoms with Crippen molar-refractivity contribution in [2.75, 3.05) is 0 Å². The van der Waals surface area contributed by atoms with Crippen LogP contribution in [0.5, 0.6) is 0 Å². The van der Waals surface area contributed by atoms with Crippen LogP contribution in [0.15, 0.2) is 42.5 Å². The fourth-order valence-corrected chi connectivity index (χ4v) is 1.66. The van der Waals surface area contributed by atoms with Gasteiger partial charge in [0.25, 0.3) is 17.5 Å². The fourth-order valence-electron chi connectivity index (χ4n) is 1.66. The molecule has 0 aliphatic heterocycles. The van der Waals surface area contributed by atoms with E-state index in [2.05, 4.69) is 0 Å². The summed E-state index contributed by atoms with van der Waals surface area (Å²) in [5.41, 5.74) is 3.18.